The summed E-state index contributed by atoms with van der Waals surface area (Å²) in [5, 5.41) is 19.5. The molecular formula is C19H32N6O. The predicted octanol–water partition coefficient (Wildman–Crippen LogP) is 1.80. The highest BCUT2D eigenvalue weighted by Gasteiger charge is 2.21. The van der Waals surface area contributed by atoms with E-state index in [-0.39, 0.29) is 0 Å². The summed E-state index contributed by atoms with van der Waals surface area (Å²) in [6, 6.07) is 2.07. The lowest BCUT2D eigenvalue weighted by molar-refractivity contribution is 0.133. The Balaban J connectivity index is 1.70. The summed E-state index contributed by atoms with van der Waals surface area (Å²) in [4.78, 5) is 4.45. The van der Waals surface area contributed by atoms with Gasteiger partial charge in [0.15, 0.2) is 0 Å². The van der Waals surface area contributed by atoms with Crippen LogP contribution >= 0.6 is 0 Å². The van der Waals surface area contributed by atoms with E-state index in [0.29, 0.717) is 6.54 Å². The van der Waals surface area contributed by atoms with E-state index in [1.165, 1.54) is 17.0 Å². The molecule has 0 aromatic carbocycles. The van der Waals surface area contributed by atoms with Gasteiger partial charge in [-0.2, -0.15) is 10.2 Å². The second kappa shape index (κ2) is 8.33. The van der Waals surface area contributed by atoms with Gasteiger partial charge in [-0.3, -0.25) is 14.3 Å². The molecule has 3 heterocycles. The number of likely N-dealkylation sites (N-methyl/N-ethyl adjacent to an activating group) is 1. The molecule has 0 saturated carbocycles. The zero-order valence-electron chi connectivity index (χ0n) is 16.5. The summed E-state index contributed by atoms with van der Waals surface area (Å²) in [5.41, 5.74) is 4.54. The van der Waals surface area contributed by atoms with Crippen molar-refractivity contribution in [2.75, 3.05) is 27.2 Å². The van der Waals surface area contributed by atoms with Gasteiger partial charge in [-0.1, -0.05) is 6.92 Å². The summed E-state index contributed by atoms with van der Waals surface area (Å²) in [6.45, 7) is 9.65. The normalized spacial score (nSPS) is 16.7. The van der Waals surface area contributed by atoms with Gasteiger partial charge in [0.05, 0.1) is 17.6 Å². The van der Waals surface area contributed by atoms with Crippen LogP contribution in [0.1, 0.15) is 48.5 Å². The maximum absolute atomic E-state index is 10.4. The van der Waals surface area contributed by atoms with Crippen LogP contribution in [0.3, 0.4) is 0 Å². The number of aromatic nitrogens is 4. The number of aliphatic hydroxyl groups is 1. The van der Waals surface area contributed by atoms with Crippen LogP contribution in [0.4, 0.5) is 0 Å². The molecule has 0 fully saturated rings. The highest BCUT2D eigenvalue weighted by atomic mass is 16.3. The van der Waals surface area contributed by atoms with Crippen LogP contribution in [0.5, 0.6) is 0 Å². The molecule has 2 aromatic rings. The van der Waals surface area contributed by atoms with Gasteiger partial charge in [-0.15, -0.1) is 0 Å². The summed E-state index contributed by atoms with van der Waals surface area (Å²) >= 11 is 0. The Kier molecular flexibility index (Phi) is 6.11. The van der Waals surface area contributed by atoms with Gasteiger partial charge in [0.1, 0.15) is 6.10 Å². The molecule has 7 heteroatoms. The van der Waals surface area contributed by atoms with Crippen molar-refractivity contribution in [3.05, 3.63) is 34.9 Å². The van der Waals surface area contributed by atoms with E-state index in [4.69, 9.17) is 0 Å². The molecule has 1 aliphatic rings. The highest BCUT2D eigenvalue weighted by Crippen LogP contribution is 2.20. The first-order chi connectivity index (χ1) is 12.5. The Morgan fingerprint density at radius 3 is 2.85 bits per heavy atom. The largest absolute Gasteiger partial charge is 0.385 e. The fraction of sp³-hybridized carbons (Fsp3) is 0.684. The number of hydrogen-bond donors (Lipinski definition) is 1. The predicted molar refractivity (Wildman–Crippen MR) is 102 cm³/mol. The Morgan fingerprint density at radius 1 is 1.31 bits per heavy atom. The molecule has 0 saturated heterocycles. The topological polar surface area (TPSA) is 62.4 Å². The average molecular weight is 361 g/mol. The van der Waals surface area contributed by atoms with Crippen LogP contribution < -0.4 is 0 Å². The van der Waals surface area contributed by atoms with Crippen molar-refractivity contribution in [1.82, 2.24) is 29.4 Å². The minimum Gasteiger partial charge on any atom is -0.385 e. The highest BCUT2D eigenvalue weighted by molar-refractivity contribution is 5.18. The van der Waals surface area contributed by atoms with E-state index in [2.05, 4.69) is 44.4 Å². The summed E-state index contributed by atoms with van der Waals surface area (Å²) in [6.07, 6.45) is 3.65. The molecule has 0 unspecified atom stereocenters. The van der Waals surface area contributed by atoms with Crippen molar-refractivity contribution in [3.8, 4) is 0 Å². The first kappa shape index (κ1) is 19.1. The van der Waals surface area contributed by atoms with Crippen molar-refractivity contribution < 1.29 is 5.11 Å². The molecule has 1 N–H and O–H groups in total. The second-order valence-corrected chi connectivity index (χ2v) is 7.60. The Hall–Kier alpha value is -1.70. The molecule has 144 valence electrons. The number of aryl methyl sites for hydroxylation is 2. The van der Waals surface area contributed by atoms with Gasteiger partial charge < -0.3 is 10.0 Å². The van der Waals surface area contributed by atoms with Crippen molar-refractivity contribution >= 4 is 0 Å². The third kappa shape index (κ3) is 4.34. The van der Waals surface area contributed by atoms with Crippen molar-refractivity contribution in [2.24, 2.45) is 0 Å². The molecule has 7 nitrogen and oxygen atoms in total. The van der Waals surface area contributed by atoms with Crippen LogP contribution in [0.15, 0.2) is 12.3 Å². The Bertz CT molecular complexity index is 720. The third-order valence-electron chi connectivity index (χ3n) is 5.03. The van der Waals surface area contributed by atoms with Gasteiger partial charge in [0, 0.05) is 50.5 Å². The number of hydrogen-bond acceptors (Lipinski definition) is 5. The maximum atomic E-state index is 10.4. The number of rotatable bonds is 7. The van der Waals surface area contributed by atoms with Gasteiger partial charge in [-0.25, -0.2) is 0 Å². The molecule has 0 radical (unpaired) electrons. The minimum absolute atomic E-state index is 0.535. The molecule has 0 aliphatic carbocycles. The fourth-order valence-electron chi connectivity index (χ4n) is 3.61. The zero-order chi connectivity index (χ0) is 18.7. The first-order valence-electron chi connectivity index (χ1n) is 9.61. The SMILES string of the molecule is CCCn1ncc(CN2CCCn3nc([C@@H](O)CN(C)C)cc3C2)c1C. The molecule has 2 aromatic heterocycles. The van der Waals surface area contributed by atoms with Crippen molar-refractivity contribution in [1.29, 1.82) is 0 Å². The van der Waals surface area contributed by atoms with Crippen LogP contribution in [0.2, 0.25) is 0 Å². The number of aliphatic hydroxyl groups excluding tert-OH is 1. The smallest absolute Gasteiger partial charge is 0.110 e. The van der Waals surface area contributed by atoms with E-state index >= 15 is 0 Å². The van der Waals surface area contributed by atoms with Gasteiger partial charge in [0.25, 0.3) is 0 Å². The average Bonchev–Trinajstić information content (AvgIpc) is 3.07. The van der Waals surface area contributed by atoms with Crippen LogP contribution in [-0.4, -0.2) is 61.7 Å². The van der Waals surface area contributed by atoms with Gasteiger partial charge >= 0.3 is 0 Å². The summed E-state index contributed by atoms with van der Waals surface area (Å²) in [7, 11) is 3.93. The monoisotopic (exact) mass is 360 g/mol. The third-order valence-corrected chi connectivity index (χ3v) is 5.03. The first-order valence-corrected chi connectivity index (χ1v) is 9.61. The minimum atomic E-state index is -0.535. The number of fused-ring (bicyclic) bond motifs is 1. The molecule has 0 amide bonds. The van der Waals surface area contributed by atoms with Gasteiger partial charge in [0.2, 0.25) is 0 Å². The van der Waals surface area contributed by atoms with Crippen molar-refractivity contribution in [3.63, 3.8) is 0 Å². The second-order valence-electron chi connectivity index (χ2n) is 7.60. The lowest BCUT2D eigenvalue weighted by Crippen LogP contribution is -2.23. The summed E-state index contributed by atoms with van der Waals surface area (Å²) < 4.78 is 4.18. The molecule has 26 heavy (non-hydrogen) atoms. The van der Waals surface area contributed by atoms with E-state index < -0.39 is 6.10 Å². The van der Waals surface area contributed by atoms with E-state index in [0.717, 1.165) is 51.3 Å². The molecule has 0 spiro atoms. The van der Waals surface area contributed by atoms with Gasteiger partial charge in [-0.05, 0) is 39.9 Å². The fourth-order valence-corrected chi connectivity index (χ4v) is 3.61. The lowest BCUT2D eigenvalue weighted by atomic mass is 10.2. The van der Waals surface area contributed by atoms with Crippen molar-refractivity contribution in [2.45, 2.75) is 59.0 Å². The Morgan fingerprint density at radius 2 is 2.12 bits per heavy atom. The van der Waals surface area contributed by atoms with Crippen LogP contribution in [0, 0.1) is 6.92 Å². The molecule has 1 atom stereocenters. The molecule has 3 rings (SSSR count). The lowest BCUT2D eigenvalue weighted by Gasteiger charge is -2.19. The standard InChI is InChI=1S/C19H32N6O/c1-5-7-24-15(2)16(11-20-24)12-23-8-6-9-25-17(13-23)10-18(21-25)19(26)14-22(3)4/h10-11,19,26H,5-9,12-14H2,1-4H3/t19-/m0/s1. The zero-order valence-corrected chi connectivity index (χ0v) is 16.5. The Labute approximate surface area is 156 Å². The maximum Gasteiger partial charge on any atom is 0.110 e. The van der Waals surface area contributed by atoms with E-state index in [1.807, 2.05) is 25.2 Å². The van der Waals surface area contributed by atoms with Crippen LogP contribution in [0.25, 0.3) is 0 Å². The number of nitrogens with zero attached hydrogens (tertiary/aromatic N) is 6. The van der Waals surface area contributed by atoms with Crippen LogP contribution in [-0.2, 0) is 26.2 Å². The molecule has 1 aliphatic heterocycles. The van der Waals surface area contributed by atoms with E-state index in [9.17, 15) is 5.11 Å². The molecule has 0 bridgehead atoms. The quantitative estimate of drug-likeness (QED) is 0.816. The molecular weight excluding hydrogens is 328 g/mol. The van der Waals surface area contributed by atoms with E-state index in [1.54, 1.807) is 0 Å². The summed E-state index contributed by atoms with van der Waals surface area (Å²) in [5.74, 6) is 0.